The third kappa shape index (κ3) is 5.68. The number of hydrogen-bond acceptors (Lipinski definition) is 8. The minimum absolute atomic E-state index is 0.0972. The maximum absolute atomic E-state index is 12.2. The Morgan fingerprint density at radius 1 is 0.700 bits per heavy atom. The Kier molecular flexibility index (Phi) is 9.05. The van der Waals surface area contributed by atoms with Crippen LogP contribution >= 0.6 is 0 Å². The van der Waals surface area contributed by atoms with Crippen molar-refractivity contribution in [3.63, 3.8) is 0 Å². The van der Waals surface area contributed by atoms with Crippen molar-refractivity contribution in [2.24, 2.45) is 0 Å². The Morgan fingerprint density at radius 3 is 1.43 bits per heavy atom. The van der Waals surface area contributed by atoms with Gasteiger partial charge in [0, 0.05) is 10.8 Å². The fourth-order valence-electron chi connectivity index (χ4n) is 2.73. The van der Waals surface area contributed by atoms with E-state index in [9.17, 15) is 9.59 Å². The van der Waals surface area contributed by atoms with Crippen LogP contribution < -0.4 is 18.9 Å². The maximum Gasteiger partial charge on any atom is 0.513 e. The molecule has 30 heavy (non-hydrogen) atoms. The Morgan fingerprint density at radius 2 is 1.10 bits per heavy atom. The van der Waals surface area contributed by atoms with Crippen molar-refractivity contribution in [2.75, 3.05) is 27.4 Å². The molecule has 0 aliphatic rings. The minimum Gasteiger partial charge on any atom is -0.490 e. The van der Waals surface area contributed by atoms with Crippen molar-refractivity contribution in [2.45, 2.75) is 39.5 Å². The number of benzene rings is 2. The molecule has 0 aliphatic carbocycles. The van der Waals surface area contributed by atoms with Crippen LogP contribution in [0, 0.1) is 0 Å². The van der Waals surface area contributed by atoms with Crippen molar-refractivity contribution >= 4 is 23.1 Å². The first-order valence-electron chi connectivity index (χ1n) is 9.93. The Labute approximate surface area is 175 Å². The van der Waals surface area contributed by atoms with E-state index in [2.05, 4.69) is 0 Å². The lowest BCUT2D eigenvalue weighted by Gasteiger charge is -2.19. The molecule has 8 nitrogen and oxygen atoms in total. The summed E-state index contributed by atoms with van der Waals surface area (Å²) in [6.45, 7) is 4.47. The zero-order valence-corrected chi connectivity index (χ0v) is 17.8. The van der Waals surface area contributed by atoms with Gasteiger partial charge in [0.15, 0.2) is 11.5 Å². The van der Waals surface area contributed by atoms with Crippen LogP contribution in [-0.4, -0.2) is 39.7 Å². The van der Waals surface area contributed by atoms with Gasteiger partial charge in [-0.3, -0.25) is 0 Å². The highest BCUT2D eigenvalue weighted by atomic mass is 16.7. The molecule has 2 rings (SSSR count). The van der Waals surface area contributed by atoms with E-state index in [0.717, 1.165) is 25.7 Å². The van der Waals surface area contributed by atoms with Gasteiger partial charge in [0.05, 0.1) is 27.4 Å². The van der Waals surface area contributed by atoms with Crippen LogP contribution in [0.25, 0.3) is 10.8 Å². The normalized spacial score (nSPS) is 10.4. The van der Waals surface area contributed by atoms with Gasteiger partial charge >= 0.3 is 12.3 Å². The zero-order valence-electron chi connectivity index (χ0n) is 17.8. The summed E-state index contributed by atoms with van der Waals surface area (Å²) in [5.74, 6) is 0.413. The summed E-state index contributed by atoms with van der Waals surface area (Å²) in [4.78, 5) is 24.3. The number of unbranched alkanes of at least 4 members (excludes halogenated alkanes) is 2. The standard InChI is InChI=1S/C22H28O8/c1-5-7-13-27-21(23)29-17-15-11-9-10-12-16(15)18(20(26-4)19(17)25-3)30-22(24)28-14-8-6-2/h9-12H,5-8,13-14H2,1-4H3. The highest BCUT2D eigenvalue weighted by Crippen LogP contribution is 2.51. The molecule has 8 heteroatoms. The van der Waals surface area contributed by atoms with Crippen LogP contribution in [0.3, 0.4) is 0 Å². The molecule has 2 aromatic carbocycles. The summed E-state index contributed by atoms with van der Waals surface area (Å²) >= 11 is 0. The molecule has 0 heterocycles. The first-order chi connectivity index (χ1) is 14.6. The van der Waals surface area contributed by atoms with E-state index in [4.69, 9.17) is 28.4 Å². The zero-order chi connectivity index (χ0) is 21.9. The van der Waals surface area contributed by atoms with Gasteiger partial charge in [0.1, 0.15) is 0 Å². The predicted molar refractivity (Wildman–Crippen MR) is 111 cm³/mol. The highest BCUT2D eigenvalue weighted by Gasteiger charge is 2.27. The third-order valence-corrected chi connectivity index (χ3v) is 4.25. The fourth-order valence-corrected chi connectivity index (χ4v) is 2.73. The molecule has 0 spiro atoms. The smallest absolute Gasteiger partial charge is 0.490 e. The number of methoxy groups -OCH3 is 2. The molecule has 0 unspecified atom stereocenters. The van der Waals surface area contributed by atoms with Crippen LogP contribution in [0.1, 0.15) is 39.5 Å². The van der Waals surface area contributed by atoms with Gasteiger partial charge in [0.25, 0.3) is 0 Å². The highest BCUT2D eigenvalue weighted by molar-refractivity contribution is 6.00. The van der Waals surface area contributed by atoms with Crippen molar-refractivity contribution in [3.8, 4) is 23.0 Å². The van der Waals surface area contributed by atoms with E-state index in [-0.39, 0.29) is 36.2 Å². The van der Waals surface area contributed by atoms with E-state index in [1.807, 2.05) is 13.8 Å². The third-order valence-electron chi connectivity index (χ3n) is 4.25. The van der Waals surface area contributed by atoms with Gasteiger partial charge in [-0.05, 0) is 12.8 Å². The van der Waals surface area contributed by atoms with Crippen molar-refractivity contribution in [1.82, 2.24) is 0 Å². The maximum atomic E-state index is 12.2. The number of carbonyl (C=O) groups is 2. The molecular formula is C22H28O8. The number of rotatable bonds is 10. The van der Waals surface area contributed by atoms with Crippen molar-refractivity contribution in [1.29, 1.82) is 0 Å². The summed E-state index contributed by atoms with van der Waals surface area (Å²) in [5, 5.41) is 0.970. The lowest BCUT2D eigenvalue weighted by molar-refractivity contribution is 0.0944. The van der Waals surface area contributed by atoms with Crippen LogP contribution in [0.2, 0.25) is 0 Å². The SMILES string of the molecule is CCCCOC(=O)Oc1c(OC)c(OC)c(OC(=O)OCCCC)c2ccccc12. The van der Waals surface area contributed by atoms with Gasteiger partial charge < -0.3 is 28.4 Å². The molecule has 0 fully saturated rings. The van der Waals surface area contributed by atoms with Gasteiger partial charge in [-0.15, -0.1) is 0 Å². The molecule has 0 amide bonds. The minimum atomic E-state index is -0.860. The van der Waals surface area contributed by atoms with Gasteiger partial charge in [-0.25, -0.2) is 9.59 Å². The van der Waals surface area contributed by atoms with Crippen LogP contribution in [0.4, 0.5) is 9.59 Å². The molecule has 0 aromatic heterocycles. The Hall–Kier alpha value is -3.16. The second kappa shape index (κ2) is 11.7. The van der Waals surface area contributed by atoms with E-state index >= 15 is 0 Å². The molecule has 0 N–H and O–H groups in total. The first kappa shape index (κ1) is 23.1. The summed E-state index contributed by atoms with van der Waals surface area (Å²) in [6.07, 6.45) is 1.50. The average Bonchev–Trinajstić information content (AvgIpc) is 2.75. The quantitative estimate of drug-likeness (QED) is 0.283. The summed E-state index contributed by atoms with van der Waals surface area (Å²) in [7, 11) is 2.79. The molecular weight excluding hydrogens is 392 g/mol. The topological polar surface area (TPSA) is 89.5 Å². The van der Waals surface area contributed by atoms with Crippen LogP contribution in [0.15, 0.2) is 24.3 Å². The van der Waals surface area contributed by atoms with E-state index in [0.29, 0.717) is 10.8 Å². The van der Waals surface area contributed by atoms with Crippen molar-refractivity contribution in [3.05, 3.63) is 24.3 Å². The fraction of sp³-hybridized carbons (Fsp3) is 0.455. The second-order valence-corrected chi connectivity index (χ2v) is 6.38. The molecule has 0 saturated heterocycles. The largest absolute Gasteiger partial charge is 0.513 e. The number of fused-ring (bicyclic) bond motifs is 1. The van der Waals surface area contributed by atoms with E-state index in [1.165, 1.54) is 14.2 Å². The molecule has 0 atom stereocenters. The summed E-state index contributed by atoms with van der Waals surface area (Å²) < 4.78 is 31.9. The molecule has 0 saturated carbocycles. The first-order valence-corrected chi connectivity index (χ1v) is 9.93. The van der Waals surface area contributed by atoms with Gasteiger partial charge in [0.2, 0.25) is 11.5 Å². The Balaban J connectivity index is 2.46. The molecule has 164 valence electrons. The second-order valence-electron chi connectivity index (χ2n) is 6.38. The monoisotopic (exact) mass is 420 g/mol. The predicted octanol–water partition coefficient (Wildman–Crippen LogP) is 5.49. The summed E-state index contributed by atoms with van der Waals surface area (Å²) in [5.41, 5.74) is 0. The molecule has 0 bridgehead atoms. The van der Waals surface area contributed by atoms with Gasteiger partial charge in [-0.2, -0.15) is 0 Å². The lowest BCUT2D eigenvalue weighted by Crippen LogP contribution is -2.14. The summed E-state index contributed by atoms with van der Waals surface area (Å²) in [6, 6.07) is 6.93. The van der Waals surface area contributed by atoms with E-state index in [1.54, 1.807) is 24.3 Å². The van der Waals surface area contributed by atoms with Crippen molar-refractivity contribution < 1.29 is 38.0 Å². The number of ether oxygens (including phenoxy) is 6. The number of carbonyl (C=O) groups excluding carboxylic acids is 2. The number of hydrogen-bond donors (Lipinski definition) is 0. The molecule has 0 aliphatic heterocycles. The average molecular weight is 420 g/mol. The van der Waals surface area contributed by atoms with Gasteiger partial charge in [-0.1, -0.05) is 51.0 Å². The van der Waals surface area contributed by atoms with Crippen LogP contribution in [0.5, 0.6) is 23.0 Å². The van der Waals surface area contributed by atoms with Crippen LogP contribution in [-0.2, 0) is 9.47 Å². The lowest BCUT2D eigenvalue weighted by atomic mass is 10.1. The van der Waals surface area contributed by atoms with E-state index < -0.39 is 12.3 Å². The molecule has 0 radical (unpaired) electrons. The molecule has 2 aromatic rings. The Bertz CT molecular complexity index is 791.